The van der Waals surface area contributed by atoms with Crippen molar-refractivity contribution in [1.29, 1.82) is 0 Å². The van der Waals surface area contributed by atoms with Gasteiger partial charge in [0.2, 0.25) is 0 Å². The van der Waals surface area contributed by atoms with E-state index in [2.05, 4.69) is 21.2 Å². The molecule has 1 fully saturated rings. The summed E-state index contributed by atoms with van der Waals surface area (Å²) in [5.41, 5.74) is -0.757. The molecule has 1 saturated heterocycles. The first-order valence-corrected chi connectivity index (χ1v) is 9.35. The number of esters is 1. The van der Waals surface area contributed by atoms with E-state index in [9.17, 15) is 22.4 Å². The Morgan fingerprint density at radius 1 is 1.43 bits per heavy atom. The minimum Gasteiger partial charge on any atom is -0.452 e. The first kappa shape index (κ1) is 17.9. The largest absolute Gasteiger partial charge is 0.452 e. The van der Waals surface area contributed by atoms with Gasteiger partial charge in [-0.25, -0.2) is 17.6 Å². The average Bonchev–Trinajstić information content (AvgIpc) is 2.69. The molecule has 0 unspecified atom stereocenters. The maximum atomic E-state index is 13.0. The number of hydrogen-bond acceptors (Lipinski definition) is 5. The van der Waals surface area contributed by atoms with Crippen molar-refractivity contribution in [3.05, 3.63) is 34.1 Å². The summed E-state index contributed by atoms with van der Waals surface area (Å²) in [5.74, 6) is -2.00. The number of halogens is 2. The number of carbonyl (C=O) groups is 2. The van der Waals surface area contributed by atoms with Crippen LogP contribution in [0.5, 0.6) is 0 Å². The van der Waals surface area contributed by atoms with E-state index < -0.39 is 39.7 Å². The number of amides is 1. The van der Waals surface area contributed by atoms with Crippen LogP contribution in [-0.4, -0.2) is 43.9 Å². The van der Waals surface area contributed by atoms with Crippen LogP contribution in [0.25, 0.3) is 0 Å². The zero-order valence-corrected chi connectivity index (χ0v) is 14.7. The minimum absolute atomic E-state index is 0.0199. The summed E-state index contributed by atoms with van der Waals surface area (Å²) >= 11 is 3.04. The summed E-state index contributed by atoms with van der Waals surface area (Å²) in [6.07, 6.45) is 0.318. The molecule has 2 rings (SSSR count). The fourth-order valence-corrected chi connectivity index (χ4v) is 4.95. The third kappa shape index (κ3) is 4.74. The zero-order chi connectivity index (χ0) is 17.3. The van der Waals surface area contributed by atoms with Gasteiger partial charge < -0.3 is 10.1 Å². The second kappa shape index (κ2) is 6.56. The lowest BCUT2D eigenvalue weighted by molar-refractivity contribution is -0.125. The van der Waals surface area contributed by atoms with Gasteiger partial charge in [-0.15, -0.1) is 0 Å². The smallest absolute Gasteiger partial charge is 0.339 e. The monoisotopic (exact) mass is 407 g/mol. The SMILES string of the molecule is C[C@]1(NC(=O)COC(=O)c2ccc(F)cc2Br)CCS(=O)(=O)C1. The Hall–Kier alpha value is -1.48. The molecule has 1 atom stereocenters. The summed E-state index contributed by atoms with van der Waals surface area (Å²) < 4.78 is 41.0. The molecule has 23 heavy (non-hydrogen) atoms. The number of sulfone groups is 1. The van der Waals surface area contributed by atoms with Crippen LogP contribution in [0.15, 0.2) is 22.7 Å². The summed E-state index contributed by atoms with van der Waals surface area (Å²) in [6.45, 7) is 1.09. The van der Waals surface area contributed by atoms with Crippen molar-refractivity contribution in [3.63, 3.8) is 0 Å². The van der Waals surface area contributed by atoms with Crippen molar-refractivity contribution in [2.24, 2.45) is 0 Å². The van der Waals surface area contributed by atoms with Gasteiger partial charge in [0.25, 0.3) is 5.91 Å². The van der Waals surface area contributed by atoms with Crippen LogP contribution in [0, 0.1) is 5.82 Å². The van der Waals surface area contributed by atoms with Crippen LogP contribution in [0.3, 0.4) is 0 Å². The molecule has 0 bridgehead atoms. The van der Waals surface area contributed by atoms with Gasteiger partial charge in [-0.1, -0.05) is 0 Å². The van der Waals surface area contributed by atoms with Gasteiger partial charge in [0.05, 0.1) is 22.6 Å². The van der Waals surface area contributed by atoms with Gasteiger partial charge >= 0.3 is 5.97 Å². The Morgan fingerprint density at radius 3 is 2.70 bits per heavy atom. The molecule has 1 aliphatic heterocycles. The van der Waals surface area contributed by atoms with Crippen molar-refractivity contribution in [2.75, 3.05) is 18.1 Å². The topological polar surface area (TPSA) is 89.5 Å². The Morgan fingerprint density at radius 2 is 2.13 bits per heavy atom. The first-order valence-electron chi connectivity index (χ1n) is 6.74. The van der Waals surface area contributed by atoms with E-state index in [1.54, 1.807) is 6.92 Å². The highest BCUT2D eigenvalue weighted by atomic mass is 79.9. The molecule has 1 aliphatic rings. The van der Waals surface area contributed by atoms with Crippen molar-refractivity contribution >= 4 is 37.6 Å². The van der Waals surface area contributed by atoms with Crippen molar-refractivity contribution in [3.8, 4) is 0 Å². The summed E-state index contributed by atoms with van der Waals surface area (Å²) in [7, 11) is -3.15. The van der Waals surface area contributed by atoms with E-state index in [1.807, 2.05) is 0 Å². The summed E-state index contributed by atoms with van der Waals surface area (Å²) in [4.78, 5) is 23.7. The number of ether oxygens (including phenoxy) is 1. The van der Waals surface area contributed by atoms with Crippen LogP contribution >= 0.6 is 15.9 Å². The first-order chi connectivity index (χ1) is 10.6. The third-order valence-corrected chi connectivity index (χ3v) is 5.99. The number of hydrogen-bond donors (Lipinski definition) is 1. The number of carbonyl (C=O) groups excluding carboxylic acids is 2. The molecule has 1 N–H and O–H groups in total. The molecule has 9 heteroatoms. The van der Waals surface area contributed by atoms with E-state index in [0.29, 0.717) is 6.42 Å². The lowest BCUT2D eigenvalue weighted by Gasteiger charge is -2.23. The summed E-state index contributed by atoms with van der Waals surface area (Å²) in [5, 5.41) is 2.57. The molecule has 0 radical (unpaired) electrons. The van der Waals surface area contributed by atoms with Gasteiger partial charge in [0.1, 0.15) is 5.82 Å². The van der Waals surface area contributed by atoms with Crippen molar-refractivity contribution in [1.82, 2.24) is 5.32 Å². The van der Waals surface area contributed by atoms with Crippen LogP contribution in [0.2, 0.25) is 0 Å². The summed E-state index contributed by atoms with van der Waals surface area (Å²) in [6, 6.07) is 3.46. The van der Waals surface area contributed by atoms with E-state index in [1.165, 1.54) is 6.07 Å². The Balaban J connectivity index is 1.90. The van der Waals surface area contributed by atoms with E-state index in [4.69, 9.17) is 4.74 Å². The molecule has 1 amide bonds. The lowest BCUT2D eigenvalue weighted by atomic mass is 10.0. The van der Waals surface area contributed by atoms with Crippen molar-refractivity contribution < 1.29 is 27.1 Å². The fraction of sp³-hybridized carbons (Fsp3) is 0.429. The third-order valence-electron chi connectivity index (χ3n) is 3.43. The lowest BCUT2D eigenvalue weighted by Crippen LogP contribution is -2.48. The second-order valence-corrected chi connectivity index (χ2v) is 8.69. The number of nitrogens with one attached hydrogen (secondary N) is 1. The molecular weight excluding hydrogens is 393 g/mol. The molecule has 0 aromatic heterocycles. The zero-order valence-electron chi connectivity index (χ0n) is 12.3. The molecule has 0 aliphatic carbocycles. The molecule has 126 valence electrons. The second-order valence-electron chi connectivity index (χ2n) is 5.65. The normalized spacial score (nSPS) is 22.6. The minimum atomic E-state index is -3.15. The Kier molecular flexibility index (Phi) is 5.10. The van der Waals surface area contributed by atoms with Gasteiger partial charge in [-0.05, 0) is 47.5 Å². The van der Waals surface area contributed by atoms with Crippen LogP contribution < -0.4 is 5.32 Å². The average molecular weight is 408 g/mol. The van der Waals surface area contributed by atoms with Crippen LogP contribution in [-0.2, 0) is 19.4 Å². The highest BCUT2D eigenvalue weighted by molar-refractivity contribution is 9.10. The van der Waals surface area contributed by atoms with E-state index >= 15 is 0 Å². The van der Waals surface area contributed by atoms with Crippen molar-refractivity contribution in [2.45, 2.75) is 18.9 Å². The molecule has 0 spiro atoms. The standard InChI is InChI=1S/C14H15BrFNO5S/c1-14(4-5-23(20,21)8-14)17-12(18)7-22-13(19)10-3-2-9(16)6-11(10)15/h2-3,6H,4-5,7-8H2,1H3,(H,17,18)/t14-/m0/s1. The molecule has 1 heterocycles. The van der Waals surface area contributed by atoms with E-state index in [0.717, 1.165) is 12.1 Å². The fourth-order valence-electron chi connectivity index (χ4n) is 2.35. The maximum absolute atomic E-state index is 13.0. The maximum Gasteiger partial charge on any atom is 0.339 e. The Labute approximate surface area is 141 Å². The number of benzene rings is 1. The molecule has 1 aromatic rings. The van der Waals surface area contributed by atoms with Gasteiger partial charge in [-0.2, -0.15) is 0 Å². The van der Waals surface area contributed by atoms with Gasteiger partial charge in [-0.3, -0.25) is 4.79 Å². The van der Waals surface area contributed by atoms with Gasteiger partial charge in [0.15, 0.2) is 16.4 Å². The quantitative estimate of drug-likeness (QED) is 0.762. The Bertz CT molecular complexity index is 752. The highest BCUT2D eigenvalue weighted by Crippen LogP contribution is 2.23. The van der Waals surface area contributed by atoms with E-state index in [-0.39, 0.29) is 21.5 Å². The molecular formula is C14H15BrFNO5S. The van der Waals surface area contributed by atoms with Gasteiger partial charge in [0, 0.05) is 4.47 Å². The van der Waals surface area contributed by atoms with Crippen LogP contribution in [0.1, 0.15) is 23.7 Å². The predicted molar refractivity (Wildman–Crippen MR) is 84.2 cm³/mol. The highest BCUT2D eigenvalue weighted by Gasteiger charge is 2.39. The molecule has 6 nitrogen and oxygen atoms in total. The predicted octanol–water partition coefficient (Wildman–Crippen LogP) is 1.44. The molecule has 1 aromatic carbocycles. The molecule has 0 saturated carbocycles. The van der Waals surface area contributed by atoms with Crippen LogP contribution in [0.4, 0.5) is 4.39 Å². The number of rotatable bonds is 4.